The molecule has 0 aliphatic rings. The number of benzene rings is 1. The number of anilines is 1. The second kappa shape index (κ2) is 6.42. The Bertz CT molecular complexity index is 411. The first-order valence-electron chi connectivity index (χ1n) is 7.19. The van der Waals surface area contributed by atoms with Crippen molar-refractivity contribution >= 4 is 5.69 Å². The lowest BCUT2D eigenvalue weighted by atomic mass is 9.94. The molecule has 2 heteroatoms. The second-order valence-corrected chi connectivity index (χ2v) is 6.18. The van der Waals surface area contributed by atoms with E-state index in [9.17, 15) is 5.11 Å². The van der Waals surface area contributed by atoms with Crippen LogP contribution in [0.3, 0.4) is 0 Å². The maximum atomic E-state index is 9.51. The van der Waals surface area contributed by atoms with Crippen molar-refractivity contribution in [2.75, 3.05) is 25.1 Å². The summed E-state index contributed by atoms with van der Waals surface area (Å²) in [6.07, 6.45) is 0. The van der Waals surface area contributed by atoms with Gasteiger partial charge < -0.3 is 10.0 Å². The number of aryl methyl sites for hydroxylation is 2. The molecule has 0 heterocycles. The number of hydrogen-bond acceptors (Lipinski definition) is 2. The predicted molar refractivity (Wildman–Crippen MR) is 84.1 cm³/mol. The maximum absolute atomic E-state index is 9.51. The van der Waals surface area contributed by atoms with Crippen LogP contribution in [0.2, 0.25) is 0 Å². The molecule has 108 valence electrons. The smallest absolute Gasteiger partial charge is 0.0478 e. The van der Waals surface area contributed by atoms with Gasteiger partial charge in [-0.15, -0.1) is 0 Å². The Morgan fingerprint density at radius 3 is 1.89 bits per heavy atom. The highest BCUT2D eigenvalue weighted by molar-refractivity contribution is 5.63. The van der Waals surface area contributed by atoms with Crippen LogP contribution in [0.5, 0.6) is 0 Å². The Morgan fingerprint density at radius 2 is 1.53 bits per heavy atom. The molecule has 0 aliphatic heterocycles. The normalized spacial score (nSPS) is 12.9. The van der Waals surface area contributed by atoms with Gasteiger partial charge in [0.05, 0.1) is 0 Å². The summed E-state index contributed by atoms with van der Waals surface area (Å²) >= 11 is 0. The second-order valence-electron chi connectivity index (χ2n) is 6.18. The van der Waals surface area contributed by atoms with E-state index in [1.165, 1.54) is 27.9 Å². The minimum absolute atomic E-state index is 0.255. The van der Waals surface area contributed by atoms with E-state index >= 15 is 0 Å². The zero-order valence-electron chi connectivity index (χ0n) is 13.5. The lowest BCUT2D eigenvalue weighted by molar-refractivity contribution is 0.193. The summed E-state index contributed by atoms with van der Waals surface area (Å²) in [5.41, 5.74) is 6.72. The standard InChI is InChI=1S/C17H29NO/c1-11(2)16(10-19)9-18(7)17-14(5)12(3)8-13(4)15(17)6/h8,11,16,19H,9-10H2,1-7H3. The fourth-order valence-electron chi connectivity index (χ4n) is 2.69. The van der Waals surface area contributed by atoms with Crippen molar-refractivity contribution in [2.24, 2.45) is 11.8 Å². The van der Waals surface area contributed by atoms with E-state index in [-0.39, 0.29) is 6.61 Å². The fraction of sp³-hybridized carbons (Fsp3) is 0.647. The van der Waals surface area contributed by atoms with E-state index in [4.69, 9.17) is 0 Å². The van der Waals surface area contributed by atoms with Gasteiger partial charge in [0.15, 0.2) is 0 Å². The van der Waals surface area contributed by atoms with Crippen LogP contribution in [0.25, 0.3) is 0 Å². The molecule has 1 N–H and O–H groups in total. The van der Waals surface area contributed by atoms with Crippen LogP contribution in [-0.4, -0.2) is 25.3 Å². The van der Waals surface area contributed by atoms with Gasteiger partial charge in [0.2, 0.25) is 0 Å². The van der Waals surface area contributed by atoms with Crippen LogP contribution in [0.1, 0.15) is 36.1 Å². The number of hydrogen-bond donors (Lipinski definition) is 1. The van der Waals surface area contributed by atoms with Crippen LogP contribution in [0.4, 0.5) is 5.69 Å². The van der Waals surface area contributed by atoms with E-state index in [1.54, 1.807) is 0 Å². The summed E-state index contributed by atoms with van der Waals surface area (Å²) < 4.78 is 0. The first-order chi connectivity index (χ1) is 8.79. The van der Waals surface area contributed by atoms with E-state index in [0.717, 1.165) is 6.54 Å². The third-order valence-electron chi connectivity index (χ3n) is 4.39. The van der Waals surface area contributed by atoms with Crippen LogP contribution in [0, 0.1) is 39.5 Å². The van der Waals surface area contributed by atoms with E-state index in [1.807, 2.05) is 0 Å². The molecule has 1 aromatic rings. The maximum Gasteiger partial charge on any atom is 0.0478 e. The summed E-state index contributed by atoms with van der Waals surface area (Å²) in [5.74, 6) is 0.823. The van der Waals surface area contributed by atoms with Gasteiger partial charge in [-0.3, -0.25) is 0 Å². The van der Waals surface area contributed by atoms with Gasteiger partial charge in [-0.1, -0.05) is 19.9 Å². The van der Waals surface area contributed by atoms with Crippen LogP contribution in [-0.2, 0) is 0 Å². The van der Waals surface area contributed by atoms with Crippen molar-refractivity contribution in [2.45, 2.75) is 41.5 Å². The molecular formula is C17H29NO. The topological polar surface area (TPSA) is 23.5 Å². The molecular weight excluding hydrogens is 234 g/mol. The van der Waals surface area contributed by atoms with Crippen molar-refractivity contribution in [1.29, 1.82) is 0 Å². The zero-order valence-corrected chi connectivity index (χ0v) is 13.5. The molecule has 0 saturated heterocycles. The molecule has 0 bridgehead atoms. The van der Waals surface area contributed by atoms with Gasteiger partial charge >= 0.3 is 0 Å². The number of aliphatic hydroxyl groups is 1. The zero-order chi connectivity index (χ0) is 14.7. The first kappa shape index (κ1) is 16.0. The molecule has 1 rings (SSSR count). The van der Waals surface area contributed by atoms with Crippen molar-refractivity contribution in [3.05, 3.63) is 28.3 Å². The first-order valence-corrected chi connectivity index (χ1v) is 7.19. The third kappa shape index (κ3) is 3.50. The average Bonchev–Trinajstić information content (AvgIpc) is 2.33. The molecule has 1 atom stereocenters. The lowest BCUT2D eigenvalue weighted by Gasteiger charge is -2.30. The quantitative estimate of drug-likeness (QED) is 0.877. The SMILES string of the molecule is Cc1cc(C)c(C)c(N(C)CC(CO)C(C)C)c1C. The molecule has 19 heavy (non-hydrogen) atoms. The molecule has 0 aliphatic carbocycles. The summed E-state index contributed by atoms with van der Waals surface area (Å²) in [4.78, 5) is 2.31. The summed E-state index contributed by atoms with van der Waals surface area (Å²) in [7, 11) is 2.14. The van der Waals surface area contributed by atoms with Crippen LogP contribution >= 0.6 is 0 Å². The van der Waals surface area contributed by atoms with Gasteiger partial charge in [0.25, 0.3) is 0 Å². The third-order valence-corrected chi connectivity index (χ3v) is 4.39. The molecule has 0 spiro atoms. The largest absolute Gasteiger partial charge is 0.396 e. The van der Waals surface area contributed by atoms with Gasteiger partial charge in [0.1, 0.15) is 0 Å². The van der Waals surface area contributed by atoms with Crippen molar-refractivity contribution in [1.82, 2.24) is 0 Å². The lowest BCUT2D eigenvalue weighted by Crippen LogP contribution is -2.31. The van der Waals surface area contributed by atoms with Crippen molar-refractivity contribution in [3.8, 4) is 0 Å². The van der Waals surface area contributed by atoms with Gasteiger partial charge in [0, 0.05) is 31.8 Å². The molecule has 0 amide bonds. The highest BCUT2D eigenvalue weighted by atomic mass is 16.3. The molecule has 2 nitrogen and oxygen atoms in total. The minimum atomic E-state index is 0.255. The van der Waals surface area contributed by atoms with Crippen LogP contribution in [0.15, 0.2) is 6.07 Å². The summed E-state index contributed by atoms with van der Waals surface area (Å²) in [6.45, 7) is 14.2. The Balaban J connectivity index is 3.09. The highest BCUT2D eigenvalue weighted by Gasteiger charge is 2.18. The summed E-state index contributed by atoms with van der Waals surface area (Å²) in [6, 6.07) is 2.26. The average molecular weight is 263 g/mol. The Hall–Kier alpha value is -1.02. The van der Waals surface area contributed by atoms with Crippen LogP contribution < -0.4 is 4.90 Å². The van der Waals surface area contributed by atoms with Crippen molar-refractivity contribution in [3.63, 3.8) is 0 Å². The molecule has 0 fully saturated rings. The molecule has 0 radical (unpaired) electrons. The molecule has 0 saturated carbocycles. The van der Waals surface area contributed by atoms with E-state index in [2.05, 4.69) is 59.6 Å². The number of aliphatic hydroxyl groups excluding tert-OH is 1. The fourth-order valence-corrected chi connectivity index (χ4v) is 2.69. The van der Waals surface area contributed by atoms with Crippen molar-refractivity contribution < 1.29 is 5.11 Å². The molecule has 0 aromatic heterocycles. The monoisotopic (exact) mass is 263 g/mol. The Labute approximate surface area is 118 Å². The van der Waals surface area contributed by atoms with Gasteiger partial charge in [-0.2, -0.15) is 0 Å². The van der Waals surface area contributed by atoms with E-state index in [0.29, 0.717) is 11.8 Å². The van der Waals surface area contributed by atoms with Gasteiger partial charge in [-0.05, 0) is 55.9 Å². The van der Waals surface area contributed by atoms with E-state index < -0.39 is 0 Å². The highest BCUT2D eigenvalue weighted by Crippen LogP contribution is 2.30. The Morgan fingerprint density at radius 1 is 1.05 bits per heavy atom. The van der Waals surface area contributed by atoms with Gasteiger partial charge in [-0.25, -0.2) is 0 Å². The number of rotatable bonds is 5. The predicted octanol–water partition coefficient (Wildman–Crippen LogP) is 3.62. The summed E-state index contributed by atoms with van der Waals surface area (Å²) in [5, 5.41) is 9.51. The Kier molecular flexibility index (Phi) is 5.42. The molecule has 1 aromatic carbocycles. The number of nitrogens with zero attached hydrogens (tertiary/aromatic N) is 1. The minimum Gasteiger partial charge on any atom is -0.396 e. The molecule has 1 unspecified atom stereocenters.